The fourth-order valence-corrected chi connectivity index (χ4v) is 4.61. The monoisotopic (exact) mass is 454 g/mol. The first kappa shape index (κ1) is 23.1. The van der Waals surface area contributed by atoms with Crippen LogP contribution in [-0.2, 0) is 0 Å². The minimum absolute atomic E-state index is 0.0682. The van der Waals surface area contributed by atoms with Gasteiger partial charge in [0.2, 0.25) is 0 Å². The lowest BCUT2D eigenvalue weighted by molar-refractivity contribution is -0.163. The summed E-state index contributed by atoms with van der Waals surface area (Å²) in [7, 11) is 0. The summed E-state index contributed by atoms with van der Waals surface area (Å²) >= 11 is 0. The molecular formula is C26H29F3N4. The van der Waals surface area contributed by atoms with E-state index >= 15 is 0 Å². The molecule has 174 valence electrons. The second-order valence-electron chi connectivity index (χ2n) is 8.62. The number of nitrogens with two attached hydrogens (primary N) is 1. The van der Waals surface area contributed by atoms with Gasteiger partial charge in [0.15, 0.2) is 0 Å². The third-order valence-corrected chi connectivity index (χ3v) is 6.32. The van der Waals surface area contributed by atoms with E-state index in [-0.39, 0.29) is 35.1 Å². The predicted molar refractivity (Wildman–Crippen MR) is 125 cm³/mol. The van der Waals surface area contributed by atoms with Crippen molar-refractivity contribution in [1.82, 2.24) is 10.6 Å². The van der Waals surface area contributed by atoms with Gasteiger partial charge in [0.25, 0.3) is 0 Å². The van der Waals surface area contributed by atoms with Gasteiger partial charge in [-0.15, -0.1) is 0 Å². The number of benzene rings is 2. The van der Waals surface area contributed by atoms with Crippen LogP contribution in [0.1, 0.15) is 36.4 Å². The van der Waals surface area contributed by atoms with Gasteiger partial charge in [-0.25, -0.2) is 0 Å². The van der Waals surface area contributed by atoms with E-state index in [4.69, 9.17) is 10.7 Å². The molecule has 0 aromatic heterocycles. The summed E-state index contributed by atoms with van der Waals surface area (Å²) in [4.78, 5) is 4.88. The third kappa shape index (κ3) is 5.30. The van der Waals surface area contributed by atoms with E-state index in [9.17, 15) is 13.2 Å². The lowest BCUT2D eigenvalue weighted by Crippen LogP contribution is -2.44. The van der Waals surface area contributed by atoms with Crippen molar-refractivity contribution in [2.24, 2.45) is 22.6 Å². The number of aliphatic imine (C=N–C) groups is 1. The van der Waals surface area contributed by atoms with Crippen molar-refractivity contribution in [3.05, 3.63) is 95.3 Å². The van der Waals surface area contributed by atoms with Crippen LogP contribution in [0.2, 0.25) is 0 Å². The largest absolute Gasteiger partial charge is 0.401 e. The molecule has 4 N–H and O–H groups in total. The van der Waals surface area contributed by atoms with Crippen LogP contribution in [-0.4, -0.2) is 25.1 Å². The van der Waals surface area contributed by atoms with Crippen molar-refractivity contribution in [2.75, 3.05) is 13.1 Å². The number of nitrogens with one attached hydrogen (secondary N) is 2. The summed E-state index contributed by atoms with van der Waals surface area (Å²) in [5, 5.41) is 6.31. The van der Waals surface area contributed by atoms with Crippen LogP contribution in [0.25, 0.3) is 0 Å². The Morgan fingerprint density at radius 2 is 1.52 bits per heavy atom. The zero-order chi connectivity index (χ0) is 23.4. The van der Waals surface area contributed by atoms with Crippen LogP contribution < -0.4 is 16.4 Å². The Labute approximate surface area is 192 Å². The van der Waals surface area contributed by atoms with Crippen LogP contribution in [0, 0.1) is 11.8 Å². The molecule has 1 unspecified atom stereocenters. The molecule has 4 rings (SSSR count). The minimum atomic E-state index is -4.45. The summed E-state index contributed by atoms with van der Waals surface area (Å²) in [5.74, 6) is -1.68. The average molecular weight is 455 g/mol. The van der Waals surface area contributed by atoms with Crippen LogP contribution in [0.5, 0.6) is 0 Å². The van der Waals surface area contributed by atoms with E-state index in [0.29, 0.717) is 12.8 Å². The highest BCUT2D eigenvalue weighted by molar-refractivity contribution is 6.02. The Bertz CT molecular complexity index is 983. The van der Waals surface area contributed by atoms with E-state index in [0.717, 1.165) is 24.2 Å². The molecule has 2 aliphatic rings. The number of nitrogens with zero attached hydrogens (tertiary/aromatic N) is 1. The molecular weight excluding hydrogens is 425 g/mol. The quantitative estimate of drug-likeness (QED) is 0.604. The van der Waals surface area contributed by atoms with E-state index < -0.39 is 18.1 Å². The van der Waals surface area contributed by atoms with Gasteiger partial charge in [0.1, 0.15) is 11.9 Å². The summed E-state index contributed by atoms with van der Waals surface area (Å²) in [6.45, 7) is 5.29. The molecule has 0 bridgehead atoms. The number of allylic oxidation sites excluding steroid dienone is 2. The van der Waals surface area contributed by atoms with Gasteiger partial charge in [-0.3, -0.25) is 4.99 Å². The standard InChI is InChI=1S/C26H29F3N4/c1-17-16-21(26(27,28)29)22(23(30)18-12-14-31-15-13-18)25(32-17)33-24(19-8-4-2-5-9-19)20-10-6-3-7-11-20/h2-11,18,21,24,31H,1,12-16,30H2,(H,32,33). The molecule has 2 fully saturated rings. The smallest absolute Gasteiger partial charge is 0.396 e. The predicted octanol–water partition coefficient (Wildman–Crippen LogP) is 5.07. The fraction of sp³-hybridized carbons (Fsp3) is 0.346. The molecule has 0 amide bonds. The Morgan fingerprint density at radius 1 is 0.970 bits per heavy atom. The normalized spacial score (nSPS) is 23.0. The van der Waals surface area contributed by atoms with Crippen molar-refractivity contribution >= 4 is 5.84 Å². The second kappa shape index (κ2) is 9.83. The number of piperidine rings is 2. The highest BCUT2D eigenvalue weighted by atomic mass is 19.4. The molecule has 33 heavy (non-hydrogen) atoms. The lowest BCUT2D eigenvalue weighted by Gasteiger charge is -2.35. The Balaban J connectivity index is 1.87. The fourth-order valence-electron chi connectivity index (χ4n) is 4.61. The molecule has 2 saturated heterocycles. The molecule has 0 spiro atoms. The first-order chi connectivity index (χ1) is 15.8. The molecule has 2 aromatic rings. The Morgan fingerprint density at radius 3 is 2.03 bits per heavy atom. The third-order valence-electron chi connectivity index (χ3n) is 6.32. The Kier molecular flexibility index (Phi) is 6.88. The van der Waals surface area contributed by atoms with E-state index in [1.807, 2.05) is 60.7 Å². The number of alkyl halides is 3. The van der Waals surface area contributed by atoms with Gasteiger partial charge in [0.05, 0.1) is 5.92 Å². The summed E-state index contributed by atoms with van der Waals surface area (Å²) < 4.78 is 42.7. The molecule has 1 atom stereocenters. The molecule has 0 aliphatic carbocycles. The summed E-state index contributed by atoms with van der Waals surface area (Å²) in [6, 6.07) is 18.6. The maximum atomic E-state index is 14.2. The first-order valence-electron chi connectivity index (χ1n) is 11.2. The van der Waals surface area contributed by atoms with E-state index in [1.54, 1.807) is 0 Å². The molecule has 0 radical (unpaired) electrons. The number of amidine groups is 1. The molecule has 0 saturated carbocycles. The number of halogens is 3. The highest BCUT2D eigenvalue weighted by Crippen LogP contribution is 2.42. The van der Waals surface area contributed by atoms with Crippen molar-refractivity contribution in [2.45, 2.75) is 31.5 Å². The highest BCUT2D eigenvalue weighted by Gasteiger charge is 2.47. The van der Waals surface area contributed by atoms with Crippen LogP contribution in [0.15, 0.2) is 89.2 Å². The van der Waals surface area contributed by atoms with E-state index in [1.165, 1.54) is 0 Å². The van der Waals surface area contributed by atoms with Gasteiger partial charge in [-0.05, 0) is 37.1 Å². The van der Waals surface area contributed by atoms with Gasteiger partial charge in [-0.2, -0.15) is 13.2 Å². The number of hydrogen-bond donors (Lipinski definition) is 3. The van der Waals surface area contributed by atoms with Crippen LogP contribution in [0.4, 0.5) is 13.2 Å². The average Bonchev–Trinajstić information content (AvgIpc) is 2.83. The van der Waals surface area contributed by atoms with Gasteiger partial charge >= 0.3 is 6.18 Å². The zero-order valence-electron chi connectivity index (χ0n) is 18.4. The van der Waals surface area contributed by atoms with Crippen molar-refractivity contribution < 1.29 is 13.2 Å². The summed E-state index contributed by atoms with van der Waals surface area (Å²) in [5.41, 5.74) is 8.92. The van der Waals surface area contributed by atoms with E-state index in [2.05, 4.69) is 17.2 Å². The van der Waals surface area contributed by atoms with Gasteiger partial charge in [-0.1, -0.05) is 67.2 Å². The lowest BCUT2D eigenvalue weighted by atomic mass is 9.82. The SMILES string of the molecule is C=C1CC(C(F)(F)F)C(=C(N)C2CCNCC2)C(=NC(c2ccccc2)c2ccccc2)N1. The molecule has 2 heterocycles. The van der Waals surface area contributed by atoms with Crippen LogP contribution >= 0.6 is 0 Å². The van der Waals surface area contributed by atoms with Gasteiger partial charge < -0.3 is 16.4 Å². The van der Waals surface area contributed by atoms with Crippen molar-refractivity contribution in [3.63, 3.8) is 0 Å². The molecule has 2 aliphatic heterocycles. The first-order valence-corrected chi connectivity index (χ1v) is 11.2. The molecule has 2 aromatic carbocycles. The van der Waals surface area contributed by atoms with Crippen molar-refractivity contribution in [1.29, 1.82) is 0 Å². The maximum Gasteiger partial charge on any atom is 0.396 e. The molecule has 4 nitrogen and oxygen atoms in total. The van der Waals surface area contributed by atoms with Gasteiger partial charge in [0, 0.05) is 29.3 Å². The summed E-state index contributed by atoms with van der Waals surface area (Å²) in [6.07, 6.45) is -3.29. The minimum Gasteiger partial charge on any atom is -0.401 e. The molecule has 7 heteroatoms. The topological polar surface area (TPSA) is 62.4 Å². The number of hydrogen-bond acceptors (Lipinski definition) is 3. The van der Waals surface area contributed by atoms with Crippen LogP contribution in [0.3, 0.4) is 0 Å². The zero-order valence-corrected chi connectivity index (χ0v) is 18.4. The number of rotatable bonds is 4. The Hall–Kier alpha value is -3.06. The van der Waals surface area contributed by atoms with Crippen molar-refractivity contribution in [3.8, 4) is 0 Å². The second-order valence-corrected chi connectivity index (χ2v) is 8.62. The maximum absolute atomic E-state index is 14.2.